The molecule has 0 radical (unpaired) electrons. The fourth-order valence-corrected chi connectivity index (χ4v) is 3.22. The molecule has 2 aromatic heterocycles. The first-order valence-electron chi connectivity index (χ1n) is 8.59. The van der Waals surface area contributed by atoms with E-state index < -0.39 is 5.97 Å². The zero-order valence-electron chi connectivity index (χ0n) is 15.9. The highest BCUT2D eigenvalue weighted by Crippen LogP contribution is 2.28. The number of rotatable bonds is 8. The molecule has 0 aliphatic rings. The van der Waals surface area contributed by atoms with Crippen LogP contribution in [0.4, 0.5) is 0 Å². The predicted octanol–water partition coefficient (Wildman–Crippen LogP) is 1.72. The zero-order chi connectivity index (χ0) is 20.6. The number of esters is 1. The molecule has 3 aromatic rings. The van der Waals surface area contributed by atoms with Crippen molar-refractivity contribution in [2.75, 3.05) is 26.5 Å². The molecule has 9 nitrogen and oxygen atoms in total. The Labute approximate surface area is 171 Å². The monoisotopic (exact) mass is 413 g/mol. The van der Waals surface area contributed by atoms with Gasteiger partial charge in [-0.25, -0.2) is 0 Å². The number of benzene rings is 1. The third-order valence-electron chi connectivity index (χ3n) is 3.89. The van der Waals surface area contributed by atoms with Crippen molar-refractivity contribution in [3.8, 4) is 22.8 Å². The first-order chi connectivity index (χ1) is 14.1. The fourth-order valence-electron chi connectivity index (χ4n) is 2.44. The summed E-state index contributed by atoms with van der Waals surface area (Å²) in [5.74, 6) is 0.598. The summed E-state index contributed by atoms with van der Waals surface area (Å²) in [6, 6.07) is 11.1. The second-order valence-corrected chi connectivity index (χ2v) is 6.66. The first-order valence-corrected chi connectivity index (χ1v) is 9.57. The van der Waals surface area contributed by atoms with Crippen LogP contribution in [0, 0.1) is 0 Å². The number of amides is 1. The molecule has 3 rings (SSSR count). The minimum Gasteiger partial charge on any atom is -0.497 e. The normalized spacial score (nSPS) is 10.4. The molecule has 2 heterocycles. The number of nitrogens with one attached hydrogen (secondary N) is 1. The number of carbonyl (C=O) groups excluding carboxylic acids is 2. The summed E-state index contributed by atoms with van der Waals surface area (Å²) in [6.45, 7) is -0.177. The number of aromatic nitrogens is 4. The molecule has 1 N–H and O–H groups in total. The molecular weight excluding hydrogens is 394 g/mol. The summed E-state index contributed by atoms with van der Waals surface area (Å²) in [5, 5.41) is 11.6. The molecule has 0 atom stereocenters. The number of nitrogens with zero attached hydrogens (tertiary/aromatic N) is 4. The summed E-state index contributed by atoms with van der Waals surface area (Å²) < 4.78 is 11.6. The maximum absolute atomic E-state index is 12.0. The second kappa shape index (κ2) is 9.69. The van der Waals surface area contributed by atoms with Crippen LogP contribution in [0.15, 0.2) is 53.9 Å². The lowest BCUT2D eigenvalue weighted by Crippen LogP contribution is -2.31. The predicted molar refractivity (Wildman–Crippen MR) is 107 cm³/mol. The van der Waals surface area contributed by atoms with E-state index in [-0.39, 0.29) is 18.2 Å². The van der Waals surface area contributed by atoms with Gasteiger partial charge in [0, 0.05) is 23.6 Å². The van der Waals surface area contributed by atoms with Gasteiger partial charge in [0.15, 0.2) is 11.0 Å². The molecule has 0 bridgehead atoms. The van der Waals surface area contributed by atoms with Gasteiger partial charge in [-0.15, -0.1) is 10.2 Å². The van der Waals surface area contributed by atoms with Gasteiger partial charge in [-0.3, -0.25) is 19.1 Å². The van der Waals surface area contributed by atoms with E-state index in [9.17, 15) is 9.59 Å². The largest absolute Gasteiger partial charge is 0.497 e. The SMILES string of the molecule is COC(=O)CNC(=O)CSc1nnc(-c2ccncc2)n1-c1ccc(OC)cc1. The molecule has 0 unspecified atom stereocenters. The second-order valence-electron chi connectivity index (χ2n) is 5.72. The van der Waals surface area contributed by atoms with Crippen molar-refractivity contribution in [1.29, 1.82) is 0 Å². The van der Waals surface area contributed by atoms with Gasteiger partial charge in [-0.2, -0.15) is 0 Å². The van der Waals surface area contributed by atoms with Crippen LogP contribution in [-0.2, 0) is 14.3 Å². The topological polar surface area (TPSA) is 108 Å². The van der Waals surface area contributed by atoms with E-state index in [2.05, 4.69) is 25.2 Å². The Morgan fingerprint density at radius 3 is 2.45 bits per heavy atom. The van der Waals surface area contributed by atoms with Gasteiger partial charge in [0.05, 0.1) is 20.0 Å². The van der Waals surface area contributed by atoms with Crippen molar-refractivity contribution in [2.45, 2.75) is 5.16 Å². The van der Waals surface area contributed by atoms with Crippen LogP contribution in [0.25, 0.3) is 17.1 Å². The average molecular weight is 413 g/mol. The molecule has 0 saturated carbocycles. The van der Waals surface area contributed by atoms with E-state index in [1.54, 1.807) is 19.5 Å². The van der Waals surface area contributed by atoms with Crippen molar-refractivity contribution in [3.63, 3.8) is 0 Å². The van der Waals surface area contributed by atoms with Crippen molar-refractivity contribution >= 4 is 23.6 Å². The minimum atomic E-state index is -0.510. The molecule has 0 aliphatic carbocycles. The number of hydrogen-bond donors (Lipinski definition) is 1. The maximum atomic E-state index is 12.0. The molecule has 0 fully saturated rings. The first kappa shape index (κ1) is 20.3. The van der Waals surface area contributed by atoms with E-state index >= 15 is 0 Å². The fraction of sp³-hybridized carbons (Fsp3) is 0.211. The smallest absolute Gasteiger partial charge is 0.325 e. The Bertz CT molecular complexity index is 976. The van der Waals surface area contributed by atoms with Crippen LogP contribution in [0.2, 0.25) is 0 Å². The van der Waals surface area contributed by atoms with Crippen LogP contribution < -0.4 is 10.1 Å². The van der Waals surface area contributed by atoms with Gasteiger partial charge in [0.25, 0.3) is 0 Å². The van der Waals surface area contributed by atoms with Crippen molar-refractivity contribution in [1.82, 2.24) is 25.1 Å². The molecule has 0 spiro atoms. The maximum Gasteiger partial charge on any atom is 0.325 e. The van der Waals surface area contributed by atoms with Gasteiger partial charge < -0.3 is 14.8 Å². The molecule has 10 heteroatoms. The number of thioether (sulfide) groups is 1. The molecular formula is C19H19N5O4S. The summed E-state index contributed by atoms with van der Waals surface area (Å²) in [7, 11) is 2.87. The number of pyridine rings is 1. The summed E-state index contributed by atoms with van der Waals surface area (Å²) in [5.41, 5.74) is 1.66. The lowest BCUT2D eigenvalue weighted by Gasteiger charge is -2.11. The summed E-state index contributed by atoms with van der Waals surface area (Å²) >= 11 is 1.21. The van der Waals surface area contributed by atoms with Gasteiger partial charge >= 0.3 is 5.97 Å². The summed E-state index contributed by atoms with van der Waals surface area (Å²) in [4.78, 5) is 27.2. The Hall–Kier alpha value is -3.40. The van der Waals surface area contributed by atoms with Crippen LogP contribution in [0.1, 0.15) is 0 Å². The van der Waals surface area contributed by atoms with E-state index in [4.69, 9.17) is 4.74 Å². The molecule has 0 saturated heterocycles. The van der Waals surface area contributed by atoms with Gasteiger partial charge in [-0.1, -0.05) is 11.8 Å². The Kier molecular flexibility index (Phi) is 6.80. The van der Waals surface area contributed by atoms with E-state index in [1.807, 2.05) is 41.0 Å². The minimum absolute atomic E-state index is 0.0711. The highest BCUT2D eigenvalue weighted by Gasteiger charge is 2.17. The van der Waals surface area contributed by atoms with Crippen molar-refractivity contribution < 1.29 is 19.1 Å². The van der Waals surface area contributed by atoms with Gasteiger partial charge in [0.2, 0.25) is 5.91 Å². The average Bonchev–Trinajstić information content (AvgIpc) is 3.20. The number of hydrogen-bond acceptors (Lipinski definition) is 8. The van der Waals surface area contributed by atoms with Crippen molar-refractivity contribution in [2.24, 2.45) is 0 Å². The lowest BCUT2D eigenvalue weighted by molar-refractivity contribution is -0.140. The van der Waals surface area contributed by atoms with Crippen LogP contribution >= 0.6 is 11.8 Å². The quantitative estimate of drug-likeness (QED) is 0.439. The Balaban J connectivity index is 1.86. The van der Waals surface area contributed by atoms with E-state index in [1.165, 1.54) is 18.9 Å². The third-order valence-corrected chi connectivity index (χ3v) is 4.82. The third kappa shape index (κ3) is 5.11. The van der Waals surface area contributed by atoms with Crippen LogP contribution in [0.3, 0.4) is 0 Å². The number of carbonyl (C=O) groups is 2. The van der Waals surface area contributed by atoms with Gasteiger partial charge in [-0.05, 0) is 36.4 Å². The molecule has 29 heavy (non-hydrogen) atoms. The Morgan fingerprint density at radius 2 is 1.79 bits per heavy atom. The standard InChI is InChI=1S/C19H19N5O4S/c1-27-15-5-3-14(4-6-15)24-18(13-7-9-20-10-8-13)22-23-19(24)29-12-16(25)21-11-17(26)28-2/h3-10H,11-12H2,1-2H3,(H,21,25). The molecule has 1 aromatic carbocycles. The number of ether oxygens (including phenoxy) is 2. The molecule has 150 valence electrons. The highest BCUT2D eigenvalue weighted by atomic mass is 32.2. The van der Waals surface area contributed by atoms with Crippen molar-refractivity contribution in [3.05, 3.63) is 48.8 Å². The van der Waals surface area contributed by atoms with E-state index in [0.29, 0.717) is 11.0 Å². The number of methoxy groups -OCH3 is 2. The molecule has 0 aliphatic heterocycles. The summed E-state index contributed by atoms with van der Waals surface area (Å²) in [6.07, 6.45) is 3.35. The van der Waals surface area contributed by atoms with Crippen LogP contribution in [0.5, 0.6) is 5.75 Å². The highest BCUT2D eigenvalue weighted by molar-refractivity contribution is 7.99. The molecule has 1 amide bonds. The van der Waals surface area contributed by atoms with Crippen LogP contribution in [-0.4, -0.2) is 58.1 Å². The zero-order valence-corrected chi connectivity index (χ0v) is 16.7. The lowest BCUT2D eigenvalue weighted by atomic mass is 10.2. The van der Waals surface area contributed by atoms with E-state index in [0.717, 1.165) is 17.0 Å². The van der Waals surface area contributed by atoms with Gasteiger partial charge in [0.1, 0.15) is 12.3 Å². The Morgan fingerprint density at radius 1 is 1.07 bits per heavy atom.